The van der Waals surface area contributed by atoms with Crippen LogP contribution in [-0.2, 0) is 22.6 Å². The number of hydrogen-bond acceptors (Lipinski definition) is 3. The van der Waals surface area contributed by atoms with Crippen molar-refractivity contribution in [2.45, 2.75) is 20.0 Å². The fraction of sp³-hybridized carbons (Fsp3) is 0.235. The van der Waals surface area contributed by atoms with E-state index in [9.17, 15) is 9.18 Å². The van der Waals surface area contributed by atoms with Gasteiger partial charge in [-0.25, -0.2) is 4.39 Å². The second-order valence-corrected chi connectivity index (χ2v) is 5.71. The van der Waals surface area contributed by atoms with Crippen LogP contribution in [0.3, 0.4) is 0 Å². The number of esters is 1. The van der Waals surface area contributed by atoms with Crippen molar-refractivity contribution >= 4 is 21.9 Å². The fourth-order valence-corrected chi connectivity index (χ4v) is 2.64. The normalized spacial score (nSPS) is 10.4. The van der Waals surface area contributed by atoms with E-state index in [0.29, 0.717) is 16.9 Å². The zero-order valence-electron chi connectivity index (χ0n) is 12.4. The Balaban J connectivity index is 2.19. The third-order valence-electron chi connectivity index (χ3n) is 3.24. The molecule has 0 aliphatic carbocycles. The zero-order chi connectivity index (χ0) is 16.1. The average Bonchev–Trinajstić information content (AvgIpc) is 2.48. The molecule has 0 atom stereocenters. The molecule has 0 bridgehead atoms. The van der Waals surface area contributed by atoms with Crippen LogP contribution in [0, 0.1) is 12.7 Å². The number of aryl methyl sites for hydroxylation is 1. The van der Waals surface area contributed by atoms with Crippen LogP contribution in [0.25, 0.3) is 0 Å². The Morgan fingerprint density at radius 2 is 2.05 bits per heavy atom. The Labute approximate surface area is 137 Å². The Bertz CT molecular complexity index is 686. The minimum Gasteiger partial charge on any atom is -0.488 e. The van der Waals surface area contributed by atoms with E-state index in [-0.39, 0.29) is 13.0 Å². The largest absolute Gasteiger partial charge is 0.488 e. The highest BCUT2D eigenvalue weighted by atomic mass is 79.9. The van der Waals surface area contributed by atoms with Crippen molar-refractivity contribution in [1.29, 1.82) is 0 Å². The van der Waals surface area contributed by atoms with Crippen LogP contribution < -0.4 is 4.74 Å². The smallest absolute Gasteiger partial charge is 0.309 e. The van der Waals surface area contributed by atoms with E-state index in [1.54, 1.807) is 12.1 Å². The summed E-state index contributed by atoms with van der Waals surface area (Å²) in [6.45, 7) is 2.01. The summed E-state index contributed by atoms with van der Waals surface area (Å²) in [5.74, 6) is -0.189. The summed E-state index contributed by atoms with van der Waals surface area (Å²) in [7, 11) is 1.31. The van der Waals surface area contributed by atoms with E-state index in [1.165, 1.54) is 13.2 Å². The number of ether oxygens (including phenoxy) is 2. The minimum atomic E-state index is -0.414. The van der Waals surface area contributed by atoms with Crippen molar-refractivity contribution in [3.63, 3.8) is 0 Å². The van der Waals surface area contributed by atoms with Crippen molar-refractivity contribution in [2.24, 2.45) is 0 Å². The molecule has 0 aromatic heterocycles. The molecule has 0 amide bonds. The second-order valence-electron chi connectivity index (χ2n) is 4.85. The van der Waals surface area contributed by atoms with Crippen LogP contribution in [0.15, 0.2) is 40.9 Å². The molecule has 0 aliphatic rings. The average molecular weight is 367 g/mol. The first-order valence-corrected chi connectivity index (χ1v) is 7.52. The first kappa shape index (κ1) is 16.5. The molecule has 0 unspecified atom stereocenters. The number of methoxy groups -OCH3 is 1. The molecule has 116 valence electrons. The quantitative estimate of drug-likeness (QED) is 0.744. The highest BCUT2D eigenvalue weighted by molar-refractivity contribution is 9.10. The molecule has 22 heavy (non-hydrogen) atoms. The number of carbonyl (C=O) groups is 1. The van der Waals surface area contributed by atoms with Gasteiger partial charge >= 0.3 is 5.97 Å². The molecule has 5 heteroatoms. The van der Waals surface area contributed by atoms with Crippen LogP contribution in [0.2, 0.25) is 0 Å². The van der Waals surface area contributed by atoms with Crippen molar-refractivity contribution in [1.82, 2.24) is 0 Å². The van der Waals surface area contributed by atoms with E-state index in [1.807, 2.05) is 25.1 Å². The molecule has 2 rings (SSSR count). The van der Waals surface area contributed by atoms with Gasteiger partial charge in [0.15, 0.2) is 0 Å². The lowest BCUT2D eigenvalue weighted by molar-refractivity contribution is -0.139. The highest BCUT2D eigenvalue weighted by Gasteiger charge is 2.13. The zero-order valence-corrected chi connectivity index (χ0v) is 13.9. The summed E-state index contributed by atoms with van der Waals surface area (Å²) in [5.41, 5.74) is 2.02. The summed E-state index contributed by atoms with van der Waals surface area (Å²) < 4.78 is 25.1. The van der Waals surface area contributed by atoms with Gasteiger partial charge in [0.1, 0.15) is 18.2 Å². The molecule has 2 aromatic rings. The predicted octanol–water partition coefficient (Wildman–Crippen LogP) is 4.19. The number of rotatable bonds is 5. The van der Waals surface area contributed by atoms with Crippen molar-refractivity contribution in [3.8, 4) is 5.75 Å². The number of hydrogen-bond donors (Lipinski definition) is 0. The molecule has 0 radical (unpaired) electrons. The maximum Gasteiger partial charge on any atom is 0.309 e. The van der Waals surface area contributed by atoms with Crippen LogP contribution in [0.1, 0.15) is 16.7 Å². The standard InChI is InChI=1S/C17H16BrFO3/c1-11-6-7-16(14(18)8-11)22-10-13-12(9-17(20)21-2)4-3-5-15(13)19/h3-8H,9-10H2,1-2H3. The lowest BCUT2D eigenvalue weighted by Crippen LogP contribution is -2.10. The first-order chi connectivity index (χ1) is 10.5. The summed E-state index contributed by atoms with van der Waals surface area (Å²) >= 11 is 3.42. The Morgan fingerprint density at radius 1 is 1.27 bits per heavy atom. The van der Waals surface area contributed by atoms with E-state index < -0.39 is 11.8 Å². The van der Waals surface area contributed by atoms with E-state index in [4.69, 9.17) is 4.74 Å². The molecule has 0 fully saturated rings. The molecule has 0 aliphatic heterocycles. The molecule has 0 spiro atoms. The summed E-state index contributed by atoms with van der Waals surface area (Å²) in [6.07, 6.45) is 0.0159. The summed E-state index contributed by atoms with van der Waals surface area (Å²) in [6, 6.07) is 10.3. The maximum absolute atomic E-state index is 14.0. The van der Waals surface area contributed by atoms with Gasteiger partial charge in [-0.15, -0.1) is 0 Å². The second kappa shape index (κ2) is 7.40. The number of carbonyl (C=O) groups excluding carboxylic acids is 1. The van der Waals surface area contributed by atoms with Gasteiger partial charge in [-0.05, 0) is 52.2 Å². The monoisotopic (exact) mass is 366 g/mol. The van der Waals surface area contributed by atoms with Gasteiger partial charge in [0.25, 0.3) is 0 Å². The van der Waals surface area contributed by atoms with Crippen molar-refractivity contribution in [2.75, 3.05) is 7.11 Å². The van der Waals surface area contributed by atoms with Gasteiger partial charge in [-0.1, -0.05) is 18.2 Å². The lowest BCUT2D eigenvalue weighted by atomic mass is 10.0. The molecular weight excluding hydrogens is 351 g/mol. The predicted molar refractivity (Wildman–Crippen MR) is 85.3 cm³/mol. The first-order valence-electron chi connectivity index (χ1n) is 6.73. The van der Waals surface area contributed by atoms with Crippen LogP contribution in [0.5, 0.6) is 5.75 Å². The molecule has 0 N–H and O–H groups in total. The van der Waals surface area contributed by atoms with E-state index in [0.717, 1.165) is 10.0 Å². The highest BCUT2D eigenvalue weighted by Crippen LogP contribution is 2.27. The summed E-state index contributed by atoms with van der Waals surface area (Å²) in [4.78, 5) is 11.4. The van der Waals surface area contributed by atoms with E-state index >= 15 is 0 Å². The fourth-order valence-electron chi connectivity index (χ4n) is 2.03. The van der Waals surface area contributed by atoms with Crippen LogP contribution in [0.4, 0.5) is 4.39 Å². The van der Waals surface area contributed by atoms with Gasteiger partial charge in [0.2, 0.25) is 0 Å². The molecule has 3 nitrogen and oxygen atoms in total. The Kier molecular flexibility index (Phi) is 5.55. The van der Waals surface area contributed by atoms with Crippen LogP contribution >= 0.6 is 15.9 Å². The van der Waals surface area contributed by atoms with Gasteiger partial charge in [-0.2, -0.15) is 0 Å². The van der Waals surface area contributed by atoms with Crippen molar-refractivity contribution < 1.29 is 18.7 Å². The topological polar surface area (TPSA) is 35.5 Å². The SMILES string of the molecule is COC(=O)Cc1cccc(F)c1COc1ccc(C)cc1Br. The van der Waals surface area contributed by atoms with Crippen LogP contribution in [-0.4, -0.2) is 13.1 Å². The number of benzene rings is 2. The summed E-state index contributed by atoms with van der Waals surface area (Å²) in [5, 5.41) is 0. The van der Waals surface area contributed by atoms with Gasteiger partial charge < -0.3 is 9.47 Å². The molecule has 0 saturated carbocycles. The maximum atomic E-state index is 14.0. The molecular formula is C17H16BrFO3. The van der Waals surface area contributed by atoms with Crippen molar-refractivity contribution in [3.05, 3.63) is 63.4 Å². The third kappa shape index (κ3) is 4.07. The van der Waals surface area contributed by atoms with Gasteiger partial charge in [0.05, 0.1) is 18.0 Å². The van der Waals surface area contributed by atoms with Gasteiger partial charge in [0, 0.05) is 5.56 Å². The lowest BCUT2D eigenvalue weighted by Gasteiger charge is -2.13. The molecule has 2 aromatic carbocycles. The third-order valence-corrected chi connectivity index (χ3v) is 3.86. The molecule has 0 saturated heterocycles. The Morgan fingerprint density at radius 3 is 2.73 bits per heavy atom. The van der Waals surface area contributed by atoms with E-state index in [2.05, 4.69) is 20.7 Å². The Hall–Kier alpha value is -1.88. The van der Waals surface area contributed by atoms with Gasteiger partial charge in [-0.3, -0.25) is 4.79 Å². The number of halogens is 2. The molecule has 0 heterocycles. The minimum absolute atomic E-state index is 0.0159.